The van der Waals surface area contributed by atoms with Gasteiger partial charge < -0.3 is 25.6 Å². The van der Waals surface area contributed by atoms with Gasteiger partial charge in [-0.2, -0.15) is 0 Å². The molecule has 1 fully saturated rings. The molecule has 0 aromatic heterocycles. The lowest BCUT2D eigenvalue weighted by atomic mass is 10.1. The van der Waals surface area contributed by atoms with Crippen LogP contribution >= 0.6 is 0 Å². The Morgan fingerprint density at radius 1 is 1.30 bits per heavy atom. The summed E-state index contributed by atoms with van der Waals surface area (Å²) in [5.74, 6) is 0.520. The average molecular weight is 376 g/mol. The van der Waals surface area contributed by atoms with Crippen LogP contribution in [0.1, 0.15) is 38.3 Å². The van der Waals surface area contributed by atoms with Gasteiger partial charge >= 0.3 is 0 Å². The van der Waals surface area contributed by atoms with Gasteiger partial charge in [-0.05, 0) is 44.4 Å². The van der Waals surface area contributed by atoms with Crippen LogP contribution in [0.25, 0.3) is 0 Å². The fraction of sp³-hybridized carbons (Fsp3) is 0.600. The Kier molecular flexibility index (Phi) is 8.91. The molecule has 0 bridgehead atoms. The van der Waals surface area contributed by atoms with Crippen molar-refractivity contribution in [2.45, 2.75) is 32.7 Å². The van der Waals surface area contributed by atoms with Gasteiger partial charge in [-0.15, -0.1) is 0 Å². The van der Waals surface area contributed by atoms with Crippen LogP contribution in [0.3, 0.4) is 0 Å². The minimum absolute atomic E-state index is 0.0829. The number of nitrogens with one attached hydrogen (secondary N) is 3. The van der Waals surface area contributed by atoms with Crippen molar-refractivity contribution < 1.29 is 9.53 Å². The van der Waals surface area contributed by atoms with E-state index in [1.54, 1.807) is 7.11 Å². The van der Waals surface area contributed by atoms with E-state index in [1.807, 2.05) is 6.92 Å². The number of nitrogens with zero attached hydrogens (tertiary/aromatic N) is 2. The van der Waals surface area contributed by atoms with Gasteiger partial charge in [0.25, 0.3) is 0 Å². The molecule has 150 valence electrons. The summed E-state index contributed by atoms with van der Waals surface area (Å²) in [4.78, 5) is 18.7. The van der Waals surface area contributed by atoms with Crippen molar-refractivity contribution >= 4 is 17.6 Å². The van der Waals surface area contributed by atoms with Crippen LogP contribution in [0.4, 0.5) is 5.69 Å². The summed E-state index contributed by atoms with van der Waals surface area (Å²) in [5, 5.41) is 9.36. The summed E-state index contributed by atoms with van der Waals surface area (Å²) < 4.78 is 4.93. The maximum atomic E-state index is 11.8. The molecule has 7 heteroatoms. The average Bonchev–Trinajstić information content (AvgIpc) is 3.21. The second-order valence-corrected chi connectivity index (χ2v) is 6.69. The highest BCUT2D eigenvalue weighted by Crippen LogP contribution is 2.23. The third-order valence-corrected chi connectivity index (χ3v) is 4.55. The van der Waals surface area contributed by atoms with E-state index in [0.29, 0.717) is 19.1 Å². The number of benzene rings is 1. The first kappa shape index (κ1) is 21.0. The Morgan fingerprint density at radius 3 is 2.78 bits per heavy atom. The number of carbonyl (C=O) groups excluding carboxylic acids is 1. The smallest absolute Gasteiger partial charge is 0.241 e. The number of ether oxygens (including phenoxy) is 1. The first-order valence-electron chi connectivity index (χ1n) is 9.79. The summed E-state index contributed by atoms with van der Waals surface area (Å²) in [5.41, 5.74) is 2.48. The van der Waals surface area contributed by atoms with Crippen LogP contribution in [0.2, 0.25) is 0 Å². The quantitative estimate of drug-likeness (QED) is 0.348. The molecule has 27 heavy (non-hydrogen) atoms. The molecule has 0 aliphatic carbocycles. The van der Waals surface area contributed by atoms with E-state index in [-0.39, 0.29) is 18.5 Å². The zero-order chi connectivity index (χ0) is 19.5. The van der Waals surface area contributed by atoms with E-state index in [2.05, 4.69) is 57.0 Å². The molecule has 1 aliphatic heterocycles. The molecule has 0 radical (unpaired) electrons. The van der Waals surface area contributed by atoms with Crippen molar-refractivity contribution in [2.75, 3.05) is 51.3 Å². The zero-order valence-electron chi connectivity index (χ0n) is 16.8. The summed E-state index contributed by atoms with van der Waals surface area (Å²) in [6.45, 7) is 8.19. The molecule has 3 N–H and O–H groups in total. The lowest BCUT2D eigenvalue weighted by Gasteiger charge is -2.22. The fourth-order valence-electron chi connectivity index (χ4n) is 3.07. The van der Waals surface area contributed by atoms with Crippen LogP contribution in [0.5, 0.6) is 0 Å². The van der Waals surface area contributed by atoms with E-state index in [9.17, 15) is 4.79 Å². The van der Waals surface area contributed by atoms with Crippen LogP contribution < -0.4 is 20.9 Å². The minimum Gasteiger partial charge on any atom is -0.383 e. The largest absolute Gasteiger partial charge is 0.383 e. The number of carbonyl (C=O) groups is 1. The van der Waals surface area contributed by atoms with Crippen molar-refractivity contribution in [3.05, 3.63) is 29.8 Å². The number of amides is 1. The number of anilines is 1. The summed E-state index contributed by atoms with van der Waals surface area (Å²) in [6.07, 6.45) is 2.53. The maximum Gasteiger partial charge on any atom is 0.241 e. The molecule has 0 saturated carbocycles. The van der Waals surface area contributed by atoms with E-state index in [1.165, 1.54) is 24.1 Å². The molecule has 1 aromatic rings. The molecular weight excluding hydrogens is 342 g/mol. The van der Waals surface area contributed by atoms with Crippen LogP contribution in [-0.4, -0.2) is 58.3 Å². The molecule has 2 rings (SSSR count). The van der Waals surface area contributed by atoms with Crippen molar-refractivity contribution in [1.29, 1.82) is 0 Å². The third-order valence-electron chi connectivity index (χ3n) is 4.55. The van der Waals surface area contributed by atoms with Crippen molar-refractivity contribution in [3.63, 3.8) is 0 Å². The maximum absolute atomic E-state index is 11.8. The molecule has 1 saturated heterocycles. The highest BCUT2D eigenvalue weighted by molar-refractivity contribution is 5.85. The van der Waals surface area contributed by atoms with Crippen LogP contribution in [0.15, 0.2) is 29.3 Å². The second-order valence-electron chi connectivity index (χ2n) is 6.69. The van der Waals surface area contributed by atoms with E-state index in [0.717, 1.165) is 19.6 Å². The number of rotatable bonds is 9. The Bertz CT molecular complexity index is 614. The first-order valence-corrected chi connectivity index (χ1v) is 9.79. The highest BCUT2D eigenvalue weighted by atomic mass is 16.5. The van der Waals surface area contributed by atoms with Gasteiger partial charge in [0.15, 0.2) is 5.96 Å². The predicted octanol–water partition coefficient (Wildman–Crippen LogP) is 1.67. The molecular formula is C20H33N5O2. The molecule has 1 unspecified atom stereocenters. The van der Waals surface area contributed by atoms with Gasteiger partial charge in [0.05, 0.1) is 12.6 Å². The second kappa shape index (κ2) is 11.4. The number of methoxy groups -OCH3 is 1. The Morgan fingerprint density at radius 2 is 2.07 bits per heavy atom. The normalized spacial score (nSPS) is 15.5. The summed E-state index contributed by atoms with van der Waals surface area (Å²) >= 11 is 0. The fourth-order valence-corrected chi connectivity index (χ4v) is 3.07. The monoisotopic (exact) mass is 375 g/mol. The van der Waals surface area contributed by atoms with Crippen molar-refractivity contribution in [1.82, 2.24) is 16.0 Å². The van der Waals surface area contributed by atoms with Gasteiger partial charge in [0.2, 0.25) is 5.91 Å². The Balaban J connectivity index is 1.95. The van der Waals surface area contributed by atoms with Crippen LogP contribution in [0, 0.1) is 0 Å². The van der Waals surface area contributed by atoms with Crippen molar-refractivity contribution in [3.8, 4) is 0 Å². The third kappa shape index (κ3) is 7.09. The Hall–Kier alpha value is -2.28. The summed E-state index contributed by atoms with van der Waals surface area (Å²) in [7, 11) is 1.61. The molecule has 1 aliphatic rings. The molecule has 1 atom stereocenters. The SMILES string of the molecule is CCNC(=NCC(=O)NCCOC)NC(C)c1cccc(N2CCCC2)c1. The Labute approximate surface area is 162 Å². The molecule has 7 nitrogen and oxygen atoms in total. The minimum atomic E-state index is -0.118. The molecule has 1 heterocycles. The van der Waals surface area contributed by atoms with E-state index >= 15 is 0 Å². The highest BCUT2D eigenvalue weighted by Gasteiger charge is 2.14. The number of hydrogen-bond donors (Lipinski definition) is 3. The lowest BCUT2D eigenvalue weighted by molar-refractivity contribution is -0.119. The number of guanidine groups is 1. The lowest BCUT2D eigenvalue weighted by Crippen LogP contribution is -2.40. The predicted molar refractivity (Wildman–Crippen MR) is 110 cm³/mol. The number of aliphatic imine (C=N–C) groups is 1. The number of hydrogen-bond acceptors (Lipinski definition) is 4. The van der Waals surface area contributed by atoms with E-state index in [4.69, 9.17) is 4.74 Å². The van der Waals surface area contributed by atoms with Gasteiger partial charge in [-0.3, -0.25) is 4.79 Å². The van der Waals surface area contributed by atoms with Crippen molar-refractivity contribution in [2.24, 2.45) is 4.99 Å². The van der Waals surface area contributed by atoms with Crippen LogP contribution in [-0.2, 0) is 9.53 Å². The first-order chi connectivity index (χ1) is 13.1. The molecule has 0 spiro atoms. The van der Waals surface area contributed by atoms with Gasteiger partial charge in [0.1, 0.15) is 6.54 Å². The van der Waals surface area contributed by atoms with E-state index < -0.39 is 0 Å². The standard InChI is InChI=1S/C20H33N5O2/c1-4-21-20(23-15-19(26)22-10-13-27-3)24-16(2)17-8-7-9-18(14-17)25-11-5-6-12-25/h7-9,14,16H,4-6,10-13,15H2,1-3H3,(H,22,26)(H2,21,23,24). The topological polar surface area (TPSA) is 78.0 Å². The summed E-state index contributed by atoms with van der Waals surface area (Å²) in [6, 6.07) is 8.73. The van der Waals surface area contributed by atoms with Gasteiger partial charge in [-0.1, -0.05) is 12.1 Å². The molecule has 1 aromatic carbocycles. The molecule has 1 amide bonds. The van der Waals surface area contributed by atoms with Gasteiger partial charge in [-0.25, -0.2) is 4.99 Å². The zero-order valence-corrected chi connectivity index (χ0v) is 16.8. The van der Waals surface area contributed by atoms with Gasteiger partial charge in [0, 0.05) is 39.0 Å².